The van der Waals surface area contributed by atoms with Gasteiger partial charge in [0.2, 0.25) is 5.95 Å². The number of ether oxygens (including phenoxy) is 1. The maximum atomic E-state index is 11.7. The molecule has 1 saturated heterocycles. The van der Waals surface area contributed by atoms with Crippen molar-refractivity contribution < 1.29 is 9.53 Å². The maximum absolute atomic E-state index is 11.7. The summed E-state index contributed by atoms with van der Waals surface area (Å²) in [5, 5.41) is 0. The van der Waals surface area contributed by atoms with Gasteiger partial charge in [0.05, 0.1) is 18.4 Å². The van der Waals surface area contributed by atoms with Crippen molar-refractivity contribution in [2.75, 3.05) is 25.1 Å². The van der Waals surface area contributed by atoms with Gasteiger partial charge in [0.25, 0.3) is 0 Å². The molecule has 0 N–H and O–H groups in total. The molecule has 2 aliphatic rings. The van der Waals surface area contributed by atoms with Crippen LogP contribution in [0.5, 0.6) is 0 Å². The number of carbonyl (C=O) groups excluding carboxylic acids is 1. The second kappa shape index (κ2) is 5.15. The fourth-order valence-corrected chi connectivity index (χ4v) is 2.57. The Hall–Kier alpha value is -1.65. The van der Waals surface area contributed by atoms with Gasteiger partial charge in [0, 0.05) is 25.2 Å². The number of esters is 1. The van der Waals surface area contributed by atoms with E-state index in [1.165, 1.54) is 26.4 Å². The number of rotatable bonds is 3. The number of aromatic nitrogens is 2. The Morgan fingerprint density at radius 1 is 1.32 bits per heavy atom. The van der Waals surface area contributed by atoms with Crippen LogP contribution in [0.1, 0.15) is 54.1 Å². The molecule has 0 bridgehead atoms. The van der Waals surface area contributed by atoms with Gasteiger partial charge in [-0.3, -0.25) is 0 Å². The predicted molar refractivity (Wildman–Crippen MR) is 71.4 cm³/mol. The molecule has 5 heteroatoms. The second-order valence-electron chi connectivity index (χ2n) is 5.28. The van der Waals surface area contributed by atoms with Crippen LogP contribution in [0.4, 0.5) is 5.95 Å². The Balaban J connectivity index is 1.90. The zero-order chi connectivity index (χ0) is 13.2. The lowest BCUT2D eigenvalue weighted by Gasteiger charge is -2.27. The molecule has 1 aromatic heterocycles. The summed E-state index contributed by atoms with van der Waals surface area (Å²) in [7, 11) is 1.40. The molecule has 1 saturated carbocycles. The number of hydrogen-bond acceptors (Lipinski definition) is 5. The van der Waals surface area contributed by atoms with Gasteiger partial charge < -0.3 is 9.64 Å². The molecule has 19 heavy (non-hydrogen) atoms. The summed E-state index contributed by atoms with van der Waals surface area (Å²) in [5.74, 6) is 0.863. The first kappa shape index (κ1) is 12.4. The minimum atomic E-state index is -0.327. The highest BCUT2D eigenvalue weighted by Gasteiger charge is 2.31. The molecule has 1 aliphatic heterocycles. The summed E-state index contributed by atoms with van der Waals surface area (Å²) in [4.78, 5) is 23.0. The fourth-order valence-electron chi connectivity index (χ4n) is 2.57. The topological polar surface area (TPSA) is 55.3 Å². The van der Waals surface area contributed by atoms with Crippen LogP contribution in [0.25, 0.3) is 0 Å². The summed E-state index contributed by atoms with van der Waals surface area (Å²) >= 11 is 0. The molecule has 0 atom stereocenters. The van der Waals surface area contributed by atoms with Crippen LogP contribution in [0.15, 0.2) is 6.20 Å². The van der Waals surface area contributed by atoms with Gasteiger partial charge in [0.1, 0.15) is 0 Å². The van der Waals surface area contributed by atoms with Crippen molar-refractivity contribution in [1.82, 2.24) is 9.97 Å². The van der Waals surface area contributed by atoms with E-state index in [4.69, 9.17) is 4.74 Å². The zero-order valence-electron chi connectivity index (χ0n) is 11.3. The normalized spacial score (nSPS) is 19.3. The van der Waals surface area contributed by atoms with Crippen LogP contribution in [0.3, 0.4) is 0 Å². The minimum Gasteiger partial charge on any atom is -0.465 e. The Bertz CT molecular complexity index is 480. The Kier molecular flexibility index (Phi) is 3.36. The van der Waals surface area contributed by atoms with Crippen molar-refractivity contribution in [1.29, 1.82) is 0 Å². The number of anilines is 1. The summed E-state index contributed by atoms with van der Waals surface area (Å²) in [6.07, 6.45) is 7.53. The quantitative estimate of drug-likeness (QED) is 0.780. The molecular formula is C14H19N3O2. The maximum Gasteiger partial charge on any atom is 0.341 e. The first-order valence-corrected chi connectivity index (χ1v) is 7.00. The van der Waals surface area contributed by atoms with Crippen molar-refractivity contribution in [2.24, 2.45) is 0 Å². The average Bonchev–Trinajstić information content (AvgIpc) is 3.31. The lowest BCUT2D eigenvalue weighted by molar-refractivity contribution is 0.0598. The third kappa shape index (κ3) is 2.55. The highest BCUT2D eigenvalue weighted by Crippen LogP contribution is 2.41. The number of methoxy groups -OCH3 is 1. The smallest absolute Gasteiger partial charge is 0.341 e. The Morgan fingerprint density at radius 3 is 2.68 bits per heavy atom. The van der Waals surface area contributed by atoms with Gasteiger partial charge in [-0.1, -0.05) is 0 Å². The van der Waals surface area contributed by atoms with Crippen molar-refractivity contribution in [3.8, 4) is 0 Å². The van der Waals surface area contributed by atoms with Gasteiger partial charge in [-0.05, 0) is 32.1 Å². The molecule has 0 radical (unpaired) electrons. The summed E-state index contributed by atoms with van der Waals surface area (Å²) in [5.41, 5.74) is 1.41. The number of nitrogens with zero attached hydrogens (tertiary/aromatic N) is 3. The van der Waals surface area contributed by atoms with Crippen LogP contribution < -0.4 is 4.90 Å². The third-order valence-electron chi connectivity index (χ3n) is 3.81. The summed E-state index contributed by atoms with van der Waals surface area (Å²) in [6, 6.07) is 0. The van der Waals surface area contributed by atoms with E-state index in [2.05, 4.69) is 14.9 Å². The Labute approximate surface area is 113 Å². The van der Waals surface area contributed by atoms with Crippen LogP contribution in [0.2, 0.25) is 0 Å². The highest BCUT2D eigenvalue weighted by atomic mass is 16.5. The highest BCUT2D eigenvalue weighted by molar-refractivity contribution is 5.90. The molecule has 1 aromatic rings. The molecule has 2 fully saturated rings. The van der Waals surface area contributed by atoms with E-state index in [0.29, 0.717) is 11.5 Å². The van der Waals surface area contributed by atoms with Gasteiger partial charge >= 0.3 is 5.97 Å². The van der Waals surface area contributed by atoms with E-state index >= 15 is 0 Å². The van der Waals surface area contributed by atoms with Gasteiger partial charge in [0.15, 0.2) is 0 Å². The van der Waals surface area contributed by atoms with E-state index < -0.39 is 0 Å². The van der Waals surface area contributed by atoms with Crippen molar-refractivity contribution >= 4 is 11.9 Å². The molecule has 1 aliphatic carbocycles. The molecule has 2 heterocycles. The van der Waals surface area contributed by atoms with E-state index in [9.17, 15) is 4.79 Å². The molecule has 102 valence electrons. The first-order valence-electron chi connectivity index (χ1n) is 7.00. The predicted octanol–water partition coefficient (Wildman–Crippen LogP) is 2.13. The molecule has 5 nitrogen and oxygen atoms in total. The van der Waals surface area contributed by atoms with Crippen LogP contribution in [-0.2, 0) is 4.74 Å². The number of hydrogen-bond donors (Lipinski definition) is 0. The van der Waals surface area contributed by atoms with Crippen molar-refractivity contribution in [3.05, 3.63) is 17.5 Å². The lowest BCUT2D eigenvalue weighted by atomic mass is 10.1. The van der Waals surface area contributed by atoms with Gasteiger partial charge in [-0.25, -0.2) is 14.8 Å². The molecule has 0 unspecified atom stereocenters. The second-order valence-corrected chi connectivity index (χ2v) is 5.28. The largest absolute Gasteiger partial charge is 0.465 e. The fraction of sp³-hybridized carbons (Fsp3) is 0.643. The minimum absolute atomic E-state index is 0.327. The Morgan fingerprint density at radius 2 is 2.05 bits per heavy atom. The molecular weight excluding hydrogens is 242 g/mol. The van der Waals surface area contributed by atoms with Gasteiger partial charge in [-0.2, -0.15) is 0 Å². The monoisotopic (exact) mass is 261 g/mol. The third-order valence-corrected chi connectivity index (χ3v) is 3.81. The van der Waals surface area contributed by atoms with Crippen LogP contribution >= 0.6 is 0 Å². The number of carbonyl (C=O) groups is 1. The first-order chi connectivity index (χ1) is 9.29. The molecule has 0 amide bonds. The van der Waals surface area contributed by atoms with Crippen LogP contribution in [-0.4, -0.2) is 36.1 Å². The standard InChI is InChI=1S/C14H19N3O2/c1-19-13(18)11-9-15-14(16-12(11)10-5-6-10)17-7-3-2-4-8-17/h9-10H,2-8H2,1H3. The molecule has 0 aromatic carbocycles. The SMILES string of the molecule is COC(=O)c1cnc(N2CCCCC2)nc1C1CC1. The molecule has 3 rings (SSSR count). The van der Waals surface area contributed by atoms with Gasteiger partial charge in [-0.15, -0.1) is 0 Å². The van der Waals surface area contributed by atoms with Crippen LogP contribution in [0, 0.1) is 0 Å². The molecule has 0 spiro atoms. The zero-order valence-corrected chi connectivity index (χ0v) is 11.3. The van der Waals surface area contributed by atoms with Crippen molar-refractivity contribution in [2.45, 2.75) is 38.0 Å². The van der Waals surface area contributed by atoms with Crippen molar-refractivity contribution in [3.63, 3.8) is 0 Å². The summed E-state index contributed by atoms with van der Waals surface area (Å²) in [6.45, 7) is 2.03. The lowest BCUT2D eigenvalue weighted by Crippen LogP contribution is -2.31. The van der Waals surface area contributed by atoms with E-state index in [1.54, 1.807) is 6.20 Å². The summed E-state index contributed by atoms with van der Waals surface area (Å²) < 4.78 is 4.81. The van der Waals surface area contributed by atoms with E-state index in [1.807, 2.05) is 0 Å². The average molecular weight is 261 g/mol. The number of piperidine rings is 1. The van der Waals surface area contributed by atoms with E-state index in [0.717, 1.165) is 37.6 Å². The van der Waals surface area contributed by atoms with E-state index in [-0.39, 0.29) is 5.97 Å².